The Kier molecular flexibility index (Phi) is 5.16. The number of halogens is 3. The standard InChI is InChI=1S/C10H8BrF2NO5/c11-4-5-1-7(14(17)18)6(3-9(15)16)8(2-5)19-10(12)13/h1-2,10H,3-4H2,(H,15,16). The second-order valence-corrected chi connectivity index (χ2v) is 3.99. The van der Waals surface area contributed by atoms with Gasteiger partial charge in [0.2, 0.25) is 0 Å². The summed E-state index contributed by atoms with van der Waals surface area (Å²) in [4.78, 5) is 20.7. The van der Waals surface area contributed by atoms with Crippen molar-refractivity contribution >= 4 is 27.6 Å². The van der Waals surface area contributed by atoms with Crippen molar-refractivity contribution in [1.82, 2.24) is 0 Å². The van der Waals surface area contributed by atoms with Crippen LogP contribution in [0.5, 0.6) is 5.75 Å². The highest BCUT2D eigenvalue weighted by atomic mass is 79.9. The van der Waals surface area contributed by atoms with Crippen LogP contribution in [-0.2, 0) is 16.5 Å². The number of carboxylic acids is 1. The molecule has 0 amide bonds. The zero-order chi connectivity index (χ0) is 14.6. The molecule has 9 heteroatoms. The number of aliphatic carboxylic acids is 1. The Balaban J connectivity index is 3.41. The maximum Gasteiger partial charge on any atom is 0.387 e. The van der Waals surface area contributed by atoms with E-state index in [9.17, 15) is 23.7 Å². The summed E-state index contributed by atoms with van der Waals surface area (Å²) in [6, 6.07) is 2.26. The minimum atomic E-state index is -3.20. The van der Waals surface area contributed by atoms with Crippen molar-refractivity contribution in [2.75, 3.05) is 0 Å². The van der Waals surface area contributed by atoms with E-state index in [0.717, 1.165) is 12.1 Å². The van der Waals surface area contributed by atoms with Crippen molar-refractivity contribution in [2.45, 2.75) is 18.4 Å². The highest BCUT2D eigenvalue weighted by molar-refractivity contribution is 9.08. The zero-order valence-electron chi connectivity index (χ0n) is 9.31. The molecule has 0 heterocycles. The summed E-state index contributed by atoms with van der Waals surface area (Å²) in [5.41, 5.74) is -0.617. The van der Waals surface area contributed by atoms with Gasteiger partial charge in [-0.2, -0.15) is 8.78 Å². The molecule has 0 aliphatic heterocycles. The molecule has 0 saturated heterocycles. The number of carboxylic acid groups (broad SMARTS) is 1. The lowest BCUT2D eigenvalue weighted by Gasteiger charge is -2.11. The third-order valence-corrected chi connectivity index (χ3v) is 2.79. The molecule has 104 valence electrons. The summed E-state index contributed by atoms with van der Waals surface area (Å²) in [6.07, 6.45) is -0.777. The van der Waals surface area contributed by atoms with Crippen LogP contribution in [0.25, 0.3) is 0 Å². The first-order chi connectivity index (χ1) is 8.85. The van der Waals surface area contributed by atoms with Crippen molar-refractivity contribution in [3.05, 3.63) is 33.4 Å². The van der Waals surface area contributed by atoms with Gasteiger partial charge in [-0.15, -0.1) is 0 Å². The molecule has 19 heavy (non-hydrogen) atoms. The van der Waals surface area contributed by atoms with E-state index in [4.69, 9.17) is 5.11 Å². The van der Waals surface area contributed by atoms with Gasteiger partial charge in [-0.1, -0.05) is 15.9 Å². The smallest absolute Gasteiger partial charge is 0.387 e. The van der Waals surface area contributed by atoms with Gasteiger partial charge >= 0.3 is 12.6 Å². The van der Waals surface area contributed by atoms with E-state index in [0.29, 0.717) is 5.56 Å². The summed E-state index contributed by atoms with van der Waals surface area (Å²) >= 11 is 3.03. The van der Waals surface area contributed by atoms with E-state index in [1.54, 1.807) is 0 Å². The fraction of sp³-hybridized carbons (Fsp3) is 0.300. The molecule has 0 aromatic heterocycles. The Morgan fingerprint density at radius 3 is 2.58 bits per heavy atom. The molecule has 0 atom stereocenters. The third kappa shape index (κ3) is 4.12. The number of rotatable bonds is 6. The van der Waals surface area contributed by atoms with Crippen LogP contribution in [0, 0.1) is 10.1 Å². The second kappa shape index (κ2) is 6.41. The average molecular weight is 340 g/mol. The highest BCUT2D eigenvalue weighted by Gasteiger charge is 2.24. The van der Waals surface area contributed by atoms with Crippen molar-refractivity contribution in [1.29, 1.82) is 0 Å². The van der Waals surface area contributed by atoms with Crippen LogP contribution in [0.2, 0.25) is 0 Å². The van der Waals surface area contributed by atoms with Gasteiger partial charge in [0, 0.05) is 11.4 Å². The Morgan fingerprint density at radius 1 is 1.53 bits per heavy atom. The summed E-state index contributed by atoms with van der Waals surface area (Å²) in [6.45, 7) is -3.20. The van der Waals surface area contributed by atoms with Gasteiger partial charge in [-0.25, -0.2) is 0 Å². The molecule has 0 spiro atoms. The van der Waals surface area contributed by atoms with Gasteiger partial charge in [0.25, 0.3) is 5.69 Å². The zero-order valence-corrected chi connectivity index (χ0v) is 10.9. The van der Waals surface area contributed by atoms with Gasteiger partial charge in [0.05, 0.1) is 16.9 Å². The molecule has 0 saturated carbocycles. The minimum absolute atomic E-state index is 0.181. The molecule has 1 aromatic carbocycles. The van der Waals surface area contributed by atoms with E-state index in [1.165, 1.54) is 0 Å². The molecule has 1 aromatic rings. The number of hydrogen-bond donors (Lipinski definition) is 1. The monoisotopic (exact) mass is 339 g/mol. The van der Waals surface area contributed by atoms with Gasteiger partial charge in [0.1, 0.15) is 5.75 Å². The van der Waals surface area contributed by atoms with E-state index >= 15 is 0 Å². The van der Waals surface area contributed by atoms with E-state index in [2.05, 4.69) is 20.7 Å². The number of nitrogens with zero attached hydrogens (tertiary/aromatic N) is 1. The van der Waals surface area contributed by atoms with Gasteiger partial charge in [0.15, 0.2) is 0 Å². The molecule has 0 fully saturated rings. The van der Waals surface area contributed by atoms with Gasteiger partial charge in [-0.3, -0.25) is 14.9 Å². The lowest BCUT2D eigenvalue weighted by Crippen LogP contribution is -2.10. The van der Waals surface area contributed by atoms with Crippen molar-refractivity contribution in [2.24, 2.45) is 0 Å². The number of benzene rings is 1. The van der Waals surface area contributed by atoms with E-state index in [-0.39, 0.29) is 10.9 Å². The topological polar surface area (TPSA) is 89.7 Å². The maximum atomic E-state index is 12.3. The Hall–Kier alpha value is -1.77. The first-order valence-electron chi connectivity index (χ1n) is 4.88. The van der Waals surface area contributed by atoms with Gasteiger partial charge in [-0.05, 0) is 11.6 Å². The number of hydrogen-bond acceptors (Lipinski definition) is 4. The Labute approximate surface area is 114 Å². The van der Waals surface area contributed by atoms with Crippen molar-refractivity contribution in [3.63, 3.8) is 0 Å². The minimum Gasteiger partial charge on any atom is -0.481 e. The first kappa shape index (κ1) is 15.3. The van der Waals surface area contributed by atoms with Crippen LogP contribution in [-0.4, -0.2) is 22.6 Å². The fourth-order valence-electron chi connectivity index (χ4n) is 1.46. The van der Waals surface area contributed by atoms with Crippen LogP contribution < -0.4 is 4.74 Å². The quantitative estimate of drug-likeness (QED) is 0.489. The normalized spacial score (nSPS) is 10.5. The maximum absolute atomic E-state index is 12.3. The largest absolute Gasteiger partial charge is 0.481 e. The molecule has 0 aliphatic rings. The molecule has 0 unspecified atom stereocenters. The van der Waals surface area contributed by atoms with Gasteiger partial charge < -0.3 is 9.84 Å². The molecule has 6 nitrogen and oxygen atoms in total. The predicted octanol–water partition coefficient (Wildman–Crippen LogP) is 2.72. The first-order valence-corrected chi connectivity index (χ1v) is 6.00. The Morgan fingerprint density at radius 2 is 2.16 bits per heavy atom. The van der Waals surface area contributed by atoms with Crippen LogP contribution in [0.3, 0.4) is 0 Å². The number of nitro benzene ring substituents is 1. The molecular weight excluding hydrogens is 332 g/mol. The van der Waals surface area contributed by atoms with Crippen molar-refractivity contribution in [3.8, 4) is 5.75 Å². The summed E-state index contributed by atoms with van der Waals surface area (Å²) in [5, 5.41) is 19.7. The van der Waals surface area contributed by atoms with Crippen LogP contribution in [0.4, 0.5) is 14.5 Å². The third-order valence-electron chi connectivity index (χ3n) is 2.14. The van der Waals surface area contributed by atoms with Crippen LogP contribution in [0.1, 0.15) is 11.1 Å². The lowest BCUT2D eigenvalue weighted by molar-refractivity contribution is -0.385. The predicted molar refractivity (Wildman–Crippen MR) is 63.7 cm³/mol. The molecule has 0 radical (unpaired) electrons. The molecule has 0 bridgehead atoms. The molecule has 0 aliphatic carbocycles. The summed E-state index contributed by atoms with van der Waals surface area (Å²) in [7, 11) is 0. The number of ether oxygens (including phenoxy) is 1. The number of carbonyl (C=O) groups is 1. The summed E-state index contributed by atoms with van der Waals surface area (Å²) < 4.78 is 28.7. The highest BCUT2D eigenvalue weighted by Crippen LogP contribution is 2.33. The molecular formula is C10H8BrF2NO5. The van der Waals surface area contributed by atoms with Crippen LogP contribution >= 0.6 is 15.9 Å². The lowest BCUT2D eigenvalue weighted by atomic mass is 10.1. The van der Waals surface area contributed by atoms with E-state index < -0.39 is 35.4 Å². The molecule has 1 rings (SSSR count). The Bertz CT molecular complexity index is 509. The summed E-state index contributed by atoms with van der Waals surface area (Å²) in [5.74, 6) is -1.88. The second-order valence-electron chi connectivity index (χ2n) is 3.43. The van der Waals surface area contributed by atoms with Crippen LogP contribution in [0.15, 0.2) is 12.1 Å². The van der Waals surface area contributed by atoms with E-state index in [1.807, 2.05) is 0 Å². The van der Waals surface area contributed by atoms with Crippen molar-refractivity contribution < 1.29 is 28.3 Å². The number of nitro groups is 1. The fourth-order valence-corrected chi connectivity index (χ4v) is 1.78. The number of alkyl halides is 3. The molecule has 1 N–H and O–H groups in total. The average Bonchev–Trinajstić information content (AvgIpc) is 2.29. The SMILES string of the molecule is O=C(O)Cc1c(OC(F)F)cc(CBr)cc1[N+](=O)[O-].